The van der Waals surface area contributed by atoms with Crippen LogP contribution in [0.5, 0.6) is 0 Å². The fourth-order valence-corrected chi connectivity index (χ4v) is 9.50. The van der Waals surface area contributed by atoms with Crippen LogP contribution in [-0.4, -0.2) is 25.9 Å². The summed E-state index contributed by atoms with van der Waals surface area (Å²) in [5, 5.41) is 3.88. The number of halogens is 1. The zero-order valence-corrected chi connectivity index (χ0v) is 18.1. The van der Waals surface area contributed by atoms with Gasteiger partial charge in [0.2, 0.25) is 0 Å². The monoisotopic (exact) mass is 444 g/mol. The zero-order chi connectivity index (χ0) is 17.9. The summed E-state index contributed by atoms with van der Waals surface area (Å²) in [7, 11) is 0. The molecule has 0 bridgehead atoms. The molecule has 1 aliphatic rings. The molecule has 0 N–H and O–H groups in total. The molecule has 4 heteroatoms. The summed E-state index contributed by atoms with van der Waals surface area (Å²) in [6, 6.07) is 32.1. The van der Waals surface area contributed by atoms with Crippen LogP contribution in [0.15, 0.2) is 91.0 Å². The van der Waals surface area contributed by atoms with Crippen molar-refractivity contribution in [3.63, 3.8) is 0 Å². The van der Waals surface area contributed by atoms with E-state index >= 15 is 0 Å². The first kappa shape index (κ1) is 20.2. The standard InChI is InChI=1S/C23H25O2P.BrH/c1-26(20-12-5-2-6-13-20,21-14-7-3-8-15-21,22-16-9-4-10-17-22)23-24-18-11-19-25-23;/h2-10,12-17,23H,11,18-19H2,1H3;1H. The first-order valence-electron chi connectivity index (χ1n) is 9.16. The number of rotatable bonds is 4. The minimum atomic E-state index is -2.98. The maximum atomic E-state index is 6.35. The van der Waals surface area contributed by atoms with E-state index in [-0.39, 0.29) is 23.0 Å². The molecule has 0 aliphatic carbocycles. The summed E-state index contributed by atoms with van der Waals surface area (Å²) < 4.78 is 12.7. The van der Waals surface area contributed by atoms with E-state index in [1.807, 2.05) is 0 Å². The van der Waals surface area contributed by atoms with Crippen LogP contribution < -0.4 is 15.9 Å². The quantitative estimate of drug-likeness (QED) is 0.553. The van der Waals surface area contributed by atoms with Gasteiger partial charge in [0.1, 0.15) is 0 Å². The van der Waals surface area contributed by atoms with Crippen LogP contribution in [0.4, 0.5) is 0 Å². The molecule has 3 aromatic carbocycles. The second-order valence-corrected chi connectivity index (χ2v) is 12.3. The summed E-state index contributed by atoms with van der Waals surface area (Å²) in [5.41, 5.74) is 0. The molecular weight excluding hydrogens is 419 g/mol. The van der Waals surface area contributed by atoms with Gasteiger partial charge in [-0.3, -0.25) is 0 Å². The molecule has 27 heavy (non-hydrogen) atoms. The Labute approximate surface area is 172 Å². The fraction of sp³-hybridized carbons (Fsp3) is 0.217. The number of ether oxygens (including phenoxy) is 2. The van der Waals surface area contributed by atoms with Crippen LogP contribution in [0.2, 0.25) is 0 Å². The van der Waals surface area contributed by atoms with Crippen molar-refractivity contribution in [2.75, 3.05) is 19.9 Å². The van der Waals surface area contributed by atoms with Gasteiger partial charge in [-0.2, -0.15) is 0 Å². The van der Waals surface area contributed by atoms with Crippen molar-refractivity contribution < 1.29 is 9.47 Å². The van der Waals surface area contributed by atoms with Crippen molar-refractivity contribution in [1.82, 2.24) is 0 Å². The number of benzene rings is 3. The number of hydrogen-bond donors (Lipinski definition) is 0. The first-order chi connectivity index (χ1) is 12.7. The maximum absolute atomic E-state index is 6.35. The Morgan fingerprint density at radius 3 is 1.30 bits per heavy atom. The van der Waals surface area contributed by atoms with Crippen LogP contribution in [0.25, 0.3) is 0 Å². The molecule has 1 fully saturated rings. The Morgan fingerprint density at radius 2 is 0.963 bits per heavy atom. The third kappa shape index (κ3) is 3.17. The molecule has 2 nitrogen and oxygen atoms in total. The second-order valence-electron chi connectivity index (χ2n) is 7.06. The van der Waals surface area contributed by atoms with Crippen LogP contribution in [-0.2, 0) is 9.47 Å². The van der Waals surface area contributed by atoms with Gasteiger partial charge in [0, 0.05) is 0 Å². The Morgan fingerprint density at radius 1 is 0.630 bits per heavy atom. The van der Waals surface area contributed by atoms with E-state index in [0.29, 0.717) is 0 Å². The summed E-state index contributed by atoms with van der Waals surface area (Å²) in [6.45, 7) is 0.885. The summed E-state index contributed by atoms with van der Waals surface area (Å²) in [6.07, 6.45) is 0.946. The molecular formula is C23H26BrO2P. The van der Waals surface area contributed by atoms with Crippen molar-refractivity contribution in [3.05, 3.63) is 91.0 Å². The zero-order valence-electron chi connectivity index (χ0n) is 15.5. The average molecular weight is 445 g/mol. The molecule has 0 atom stereocenters. The summed E-state index contributed by atoms with van der Waals surface area (Å²) >= 11 is 0. The third-order valence-corrected chi connectivity index (χ3v) is 11.8. The van der Waals surface area contributed by atoms with E-state index in [4.69, 9.17) is 9.47 Å². The molecule has 0 saturated carbocycles. The molecule has 0 aromatic heterocycles. The van der Waals surface area contributed by atoms with E-state index in [0.717, 1.165) is 19.6 Å². The molecule has 0 spiro atoms. The Kier molecular flexibility index (Phi) is 6.18. The molecule has 142 valence electrons. The molecule has 1 saturated heterocycles. The minimum absolute atomic E-state index is 0. The van der Waals surface area contributed by atoms with Crippen molar-refractivity contribution in [2.45, 2.75) is 12.5 Å². The van der Waals surface area contributed by atoms with Crippen molar-refractivity contribution in [1.29, 1.82) is 0 Å². The van der Waals surface area contributed by atoms with Crippen LogP contribution in [0, 0.1) is 0 Å². The van der Waals surface area contributed by atoms with Crippen LogP contribution >= 0.6 is 23.6 Å². The molecule has 1 heterocycles. The Bertz CT molecular complexity index is 750. The van der Waals surface area contributed by atoms with E-state index in [1.165, 1.54) is 15.9 Å². The first-order valence-corrected chi connectivity index (χ1v) is 11.9. The molecule has 0 amide bonds. The van der Waals surface area contributed by atoms with Gasteiger partial charge in [0.05, 0.1) is 0 Å². The van der Waals surface area contributed by atoms with Gasteiger partial charge < -0.3 is 0 Å². The SMILES string of the molecule is Br.CP(c1ccccc1)(c1ccccc1)(c1ccccc1)C1OCCCO1. The predicted octanol–water partition coefficient (Wildman–Crippen LogP) is 4.44. The Balaban J connectivity index is 0.00000210. The van der Waals surface area contributed by atoms with Crippen molar-refractivity contribution >= 4 is 39.5 Å². The number of hydrogen-bond acceptors (Lipinski definition) is 2. The van der Waals surface area contributed by atoms with Gasteiger partial charge >= 0.3 is 155 Å². The normalized spacial score (nSPS) is 16.7. The van der Waals surface area contributed by atoms with Gasteiger partial charge in [-0.1, -0.05) is 0 Å². The second kappa shape index (κ2) is 8.24. The molecule has 0 unspecified atom stereocenters. The third-order valence-electron chi connectivity index (χ3n) is 5.60. The molecule has 3 aromatic rings. The van der Waals surface area contributed by atoms with Gasteiger partial charge in [-0.25, -0.2) is 0 Å². The van der Waals surface area contributed by atoms with E-state index in [1.54, 1.807) is 0 Å². The average Bonchev–Trinajstić information content (AvgIpc) is 2.76. The molecule has 0 radical (unpaired) electrons. The van der Waals surface area contributed by atoms with E-state index < -0.39 is 6.60 Å². The van der Waals surface area contributed by atoms with Gasteiger partial charge in [-0.05, 0) is 0 Å². The fourth-order valence-electron chi connectivity index (χ4n) is 4.10. The van der Waals surface area contributed by atoms with Crippen molar-refractivity contribution in [2.24, 2.45) is 0 Å². The van der Waals surface area contributed by atoms with Gasteiger partial charge in [0.15, 0.2) is 0 Å². The van der Waals surface area contributed by atoms with Crippen LogP contribution in [0.3, 0.4) is 0 Å². The van der Waals surface area contributed by atoms with Crippen LogP contribution in [0.1, 0.15) is 6.42 Å². The van der Waals surface area contributed by atoms with E-state index in [2.05, 4.69) is 97.7 Å². The summed E-state index contributed by atoms with van der Waals surface area (Å²) in [5.74, 6) is 0. The van der Waals surface area contributed by atoms with E-state index in [9.17, 15) is 0 Å². The Hall–Kier alpha value is -1.51. The predicted molar refractivity (Wildman–Crippen MR) is 122 cm³/mol. The molecule has 4 rings (SSSR count). The van der Waals surface area contributed by atoms with Gasteiger partial charge in [0.25, 0.3) is 0 Å². The van der Waals surface area contributed by atoms with Gasteiger partial charge in [-0.15, -0.1) is 17.0 Å². The van der Waals surface area contributed by atoms with Crippen molar-refractivity contribution in [3.8, 4) is 0 Å². The molecule has 1 aliphatic heterocycles. The topological polar surface area (TPSA) is 18.5 Å². The summed E-state index contributed by atoms with van der Waals surface area (Å²) in [4.78, 5) is 0.